The molecule has 1 fully saturated rings. The van der Waals surface area contributed by atoms with E-state index in [0.29, 0.717) is 0 Å². The lowest BCUT2D eigenvalue weighted by Crippen LogP contribution is -2.28. The third kappa shape index (κ3) is 2.85. The number of hydrogen-bond donors (Lipinski definition) is 2. The summed E-state index contributed by atoms with van der Waals surface area (Å²) in [6.07, 6.45) is 3.23. The summed E-state index contributed by atoms with van der Waals surface area (Å²) in [6.45, 7) is 4.16. The van der Waals surface area contributed by atoms with Crippen molar-refractivity contribution in [1.82, 2.24) is 20.5 Å². The zero-order valence-electron chi connectivity index (χ0n) is 8.99. The maximum atomic E-state index is 4.48. The summed E-state index contributed by atoms with van der Waals surface area (Å²) >= 11 is 1.75. The van der Waals surface area contributed by atoms with Crippen molar-refractivity contribution < 1.29 is 0 Å². The predicted octanol–water partition coefficient (Wildman–Crippen LogP) is 0.467. The number of aromatic amines is 1. The molecule has 0 spiro atoms. The molecule has 0 unspecified atom stereocenters. The Morgan fingerprint density at radius 3 is 3.20 bits per heavy atom. The molecule has 1 aromatic heterocycles. The molecule has 15 heavy (non-hydrogen) atoms. The summed E-state index contributed by atoms with van der Waals surface area (Å²) < 4.78 is 0. The summed E-state index contributed by atoms with van der Waals surface area (Å²) in [5.41, 5.74) is 0. The van der Waals surface area contributed by atoms with Gasteiger partial charge >= 0.3 is 0 Å². The number of nitrogens with one attached hydrogen (secondary N) is 2. The van der Waals surface area contributed by atoms with E-state index < -0.39 is 0 Å². The number of anilines is 1. The van der Waals surface area contributed by atoms with Crippen LogP contribution in [-0.2, 0) is 5.75 Å². The van der Waals surface area contributed by atoms with Gasteiger partial charge in [-0.15, -0.1) is 5.10 Å². The highest BCUT2D eigenvalue weighted by atomic mass is 32.2. The van der Waals surface area contributed by atoms with Crippen LogP contribution >= 0.6 is 11.8 Å². The van der Waals surface area contributed by atoms with Crippen molar-refractivity contribution in [3.63, 3.8) is 0 Å². The van der Waals surface area contributed by atoms with E-state index >= 15 is 0 Å². The van der Waals surface area contributed by atoms with Crippen molar-refractivity contribution in [2.75, 3.05) is 37.3 Å². The Morgan fingerprint density at radius 2 is 2.33 bits per heavy atom. The Kier molecular flexibility index (Phi) is 3.85. The summed E-state index contributed by atoms with van der Waals surface area (Å²) in [7, 11) is 0. The quantitative estimate of drug-likeness (QED) is 0.786. The second-order valence-corrected chi connectivity index (χ2v) is 4.47. The first-order chi connectivity index (χ1) is 7.40. The molecule has 2 N–H and O–H groups in total. The van der Waals surface area contributed by atoms with Gasteiger partial charge in [-0.1, -0.05) is 0 Å². The van der Waals surface area contributed by atoms with Gasteiger partial charge in [-0.3, -0.25) is 5.10 Å². The van der Waals surface area contributed by atoms with Crippen LogP contribution in [-0.4, -0.2) is 47.6 Å². The SMILES string of the molecule is CSCc1nc(N2CCCNCC2)n[nH]1. The number of rotatable bonds is 3. The molecule has 0 amide bonds. The summed E-state index contributed by atoms with van der Waals surface area (Å²) in [5, 5.41) is 10.6. The molecule has 0 saturated carbocycles. The molecule has 2 heterocycles. The molecule has 0 bridgehead atoms. The second kappa shape index (κ2) is 5.37. The summed E-state index contributed by atoms with van der Waals surface area (Å²) in [4.78, 5) is 6.71. The molecular weight excluding hydrogens is 210 g/mol. The van der Waals surface area contributed by atoms with Gasteiger partial charge in [-0.2, -0.15) is 16.7 Å². The van der Waals surface area contributed by atoms with Gasteiger partial charge in [0, 0.05) is 19.6 Å². The van der Waals surface area contributed by atoms with Gasteiger partial charge in [0.15, 0.2) is 0 Å². The Bertz CT molecular complexity index is 292. The zero-order chi connectivity index (χ0) is 10.5. The first kappa shape index (κ1) is 10.8. The molecule has 2 rings (SSSR count). The standard InChI is InChI=1S/C9H17N5S/c1-15-7-8-11-9(13-12-8)14-5-2-3-10-4-6-14/h10H,2-7H2,1H3,(H,11,12,13). The zero-order valence-corrected chi connectivity index (χ0v) is 9.81. The summed E-state index contributed by atoms with van der Waals surface area (Å²) in [5.74, 6) is 2.72. The largest absolute Gasteiger partial charge is 0.338 e. The maximum absolute atomic E-state index is 4.48. The second-order valence-electron chi connectivity index (χ2n) is 3.61. The molecule has 0 radical (unpaired) electrons. The van der Waals surface area contributed by atoms with Crippen LogP contribution in [0.3, 0.4) is 0 Å². The van der Waals surface area contributed by atoms with Gasteiger partial charge in [-0.05, 0) is 19.2 Å². The molecule has 0 aliphatic carbocycles. The third-order valence-corrected chi connectivity index (χ3v) is 2.99. The molecule has 84 valence electrons. The fourth-order valence-corrected chi connectivity index (χ4v) is 2.08. The van der Waals surface area contributed by atoms with Crippen LogP contribution in [0.5, 0.6) is 0 Å². The van der Waals surface area contributed by atoms with Crippen molar-refractivity contribution >= 4 is 17.7 Å². The van der Waals surface area contributed by atoms with Crippen LogP contribution in [0, 0.1) is 0 Å². The Hall–Kier alpha value is -0.750. The van der Waals surface area contributed by atoms with Gasteiger partial charge < -0.3 is 10.2 Å². The lowest BCUT2D eigenvalue weighted by atomic mass is 10.4. The van der Waals surface area contributed by atoms with Crippen LogP contribution in [0.2, 0.25) is 0 Å². The number of H-pyrrole nitrogens is 1. The Labute approximate surface area is 94.0 Å². The molecule has 1 aromatic rings. The fourth-order valence-electron chi connectivity index (χ4n) is 1.67. The maximum Gasteiger partial charge on any atom is 0.244 e. The van der Waals surface area contributed by atoms with Crippen LogP contribution in [0.25, 0.3) is 0 Å². The van der Waals surface area contributed by atoms with Crippen LogP contribution in [0.1, 0.15) is 12.2 Å². The van der Waals surface area contributed by atoms with E-state index in [9.17, 15) is 0 Å². The number of aromatic nitrogens is 3. The molecule has 0 atom stereocenters. The van der Waals surface area contributed by atoms with E-state index in [-0.39, 0.29) is 0 Å². The first-order valence-corrected chi connectivity index (χ1v) is 6.65. The van der Waals surface area contributed by atoms with Crippen LogP contribution < -0.4 is 10.2 Å². The highest BCUT2D eigenvalue weighted by Gasteiger charge is 2.13. The number of nitrogens with zero attached hydrogens (tertiary/aromatic N) is 3. The van der Waals surface area contributed by atoms with Crippen LogP contribution in [0.15, 0.2) is 0 Å². The van der Waals surface area contributed by atoms with Gasteiger partial charge in [-0.25, -0.2) is 0 Å². The van der Waals surface area contributed by atoms with E-state index in [1.807, 2.05) is 0 Å². The lowest BCUT2D eigenvalue weighted by Gasteiger charge is -2.16. The fraction of sp³-hybridized carbons (Fsp3) is 0.778. The molecule has 1 aliphatic rings. The van der Waals surface area contributed by atoms with E-state index in [1.54, 1.807) is 11.8 Å². The van der Waals surface area contributed by atoms with Crippen molar-refractivity contribution in [3.8, 4) is 0 Å². The Morgan fingerprint density at radius 1 is 1.40 bits per heavy atom. The third-order valence-electron chi connectivity index (χ3n) is 2.42. The Balaban J connectivity index is 2.00. The van der Waals surface area contributed by atoms with Gasteiger partial charge in [0.05, 0.1) is 5.75 Å². The number of hydrogen-bond acceptors (Lipinski definition) is 5. The van der Waals surface area contributed by atoms with E-state index in [4.69, 9.17) is 0 Å². The van der Waals surface area contributed by atoms with Gasteiger partial charge in [0.25, 0.3) is 0 Å². The molecule has 1 saturated heterocycles. The lowest BCUT2D eigenvalue weighted by molar-refractivity contribution is 0.724. The van der Waals surface area contributed by atoms with Gasteiger partial charge in [0.1, 0.15) is 5.82 Å². The minimum Gasteiger partial charge on any atom is -0.338 e. The van der Waals surface area contributed by atoms with E-state index in [1.165, 1.54) is 0 Å². The first-order valence-electron chi connectivity index (χ1n) is 5.26. The average molecular weight is 227 g/mol. The highest BCUT2D eigenvalue weighted by molar-refractivity contribution is 7.97. The molecule has 6 heteroatoms. The molecular formula is C9H17N5S. The van der Waals surface area contributed by atoms with E-state index in [2.05, 4.69) is 31.7 Å². The average Bonchev–Trinajstić information content (AvgIpc) is 2.53. The molecule has 0 aromatic carbocycles. The minimum absolute atomic E-state index is 0.850. The van der Waals surface area contributed by atoms with E-state index in [0.717, 1.165) is 50.1 Å². The highest BCUT2D eigenvalue weighted by Crippen LogP contribution is 2.11. The molecule has 5 nitrogen and oxygen atoms in total. The smallest absolute Gasteiger partial charge is 0.244 e. The normalized spacial score (nSPS) is 17.8. The van der Waals surface area contributed by atoms with Crippen molar-refractivity contribution in [2.45, 2.75) is 12.2 Å². The van der Waals surface area contributed by atoms with Crippen molar-refractivity contribution in [1.29, 1.82) is 0 Å². The number of thioether (sulfide) groups is 1. The van der Waals surface area contributed by atoms with Crippen LogP contribution in [0.4, 0.5) is 5.95 Å². The predicted molar refractivity (Wildman–Crippen MR) is 63.3 cm³/mol. The van der Waals surface area contributed by atoms with Gasteiger partial charge in [0.2, 0.25) is 5.95 Å². The van der Waals surface area contributed by atoms with Crippen molar-refractivity contribution in [2.24, 2.45) is 0 Å². The monoisotopic (exact) mass is 227 g/mol. The minimum atomic E-state index is 0.850. The topological polar surface area (TPSA) is 56.8 Å². The summed E-state index contributed by atoms with van der Waals surface area (Å²) in [6, 6.07) is 0. The van der Waals surface area contributed by atoms with Crippen molar-refractivity contribution in [3.05, 3.63) is 5.82 Å². The molecule has 1 aliphatic heterocycles.